The van der Waals surface area contributed by atoms with Crippen LogP contribution in [0.15, 0.2) is 0 Å². The van der Waals surface area contributed by atoms with Gasteiger partial charge >= 0.3 is 0 Å². The molecule has 1 saturated heterocycles. The third-order valence-corrected chi connectivity index (χ3v) is 20.2. The smallest absolute Gasteiger partial charge is 0.158 e. The van der Waals surface area contributed by atoms with E-state index >= 15 is 0 Å². The highest BCUT2D eigenvalue weighted by Crippen LogP contribution is 2.64. The molecule has 1 fully saturated rings. The average molecular weight is 265 g/mol. The summed E-state index contributed by atoms with van der Waals surface area (Å²) in [6, 6.07) is 0. The van der Waals surface area contributed by atoms with Gasteiger partial charge in [0.25, 0.3) is 0 Å². The first-order valence-corrected chi connectivity index (χ1v) is 14.0. The van der Waals surface area contributed by atoms with E-state index in [1.807, 2.05) is 13.8 Å². The van der Waals surface area contributed by atoms with Gasteiger partial charge in [-0.2, -0.15) is 0 Å². The van der Waals surface area contributed by atoms with Crippen LogP contribution in [0.1, 0.15) is 13.8 Å². The van der Waals surface area contributed by atoms with Crippen molar-refractivity contribution in [3.63, 3.8) is 0 Å². The third kappa shape index (κ3) is 1.17. The molecule has 1 rings (SSSR count). The number of sulfone groups is 1. The molecule has 90 valence electrons. The molecule has 1 aliphatic heterocycles. The Bertz CT molecular complexity index is 357. The number of hydrogen-bond acceptors (Lipinski definition) is 2. The maximum absolute atomic E-state index is 12.4. The highest BCUT2D eigenvalue weighted by atomic mass is 32.2. The summed E-state index contributed by atoms with van der Waals surface area (Å²) in [6.45, 7) is 17.0. The Morgan fingerprint density at radius 2 is 0.933 bits per heavy atom. The summed E-state index contributed by atoms with van der Waals surface area (Å²) in [7, 11) is -6.25. The van der Waals surface area contributed by atoms with E-state index in [9.17, 15) is 8.42 Å². The molecular formula is C10H24O2SSi2. The summed E-state index contributed by atoms with van der Waals surface area (Å²) in [6.07, 6.45) is 0. The molecule has 0 radical (unpaired) electrons. The first-order chi connectivity index (χ1) is 6.25. The van der Waals surface area contributed by atoms with Crippen LogP contribution >= 0.6 is 0 Å². The van der Waals surface area contributed by atoms with Gasteiger partial charge in [0.1, 0.15) is 0 Å². The summed E-state index contributed by atoms with van der Waals surface area (Å²) >= 11 is 0. The normalized spacial score (nSPS) is 40.3. The standard InChI is InChI=1S/C10H24O2SSi2/c1-9(14(3,4)5)10(2,13(9,11)12)15(6,7)8/h1-8H3/t9-,10-/m0/s1. The van der Waals surface area contributed by atoms with Crippen LogP contribution in [0.25, 0.3) is 0 Å². The van der Waals surface area contributed by atoms with Crippen LogP contribution in [0, 0.1) is 0 Å². The topological polar surface area (TPSA) is 34.1 Å². The van der Waals surface area contributed by atoms with E-state index in [1.165, 1.54) is 0 Å². The molecule has 15 heavy (non-hydrogen) atoms. The second-order valence-corrected chi connectivity index (χ2v) is 21.4. The molecule has 0 spiro atoms. The molecule has 0 bridgehead atoms. The van der Waals surface area contributed by atoms with Crippen molar-refractivity contribution in [2.45, 2.75) is 61.9 Å². The summed E-state index contributed by atoms with van der Waals surface area (Å²) in [5.74, 6) is 0. The fraction of sp³-hybridized carbons (Fsp3) is 1.00. The number of rotatable bonds is 2. The molecule has 0 aromatic carbocycles. The Morgan fingerprint density at radius 3 is 1.00 bits per heavy atom. The van der Waals surface area contributed by atoms with Crippen LogP contribution in [0.2, 0.25) is 39.3 Å². The molecule has 0 amide bonds. The van der Waals surface area contributed by atoms with Crippen LogP contribution < -0.4 is 0 Å². The van der Waals surface area contributed by atoms with Crippen molar-refractivity contribution < 1.29 is 8.42 Å². The van der Waals surface area contributed by atoms with E-state index in [1.54, 1.807) is 0 Å². The fourth-order valence-electron chi connectivity index (χ4n) is 2.90. The van der Waals surface area contributed by atoms with Crippen LogP contribution in [-0.4, -0.2) is 33.3 Å². The van der Waals surface area contributed by atoms with Gasteiger partial charge in [-0.15, -0.1) is 0 Å². The maximum Gasteiger partial charge on any atom is 0.158 e. The Hall–Kier alpha value is 0.384. The fourth-order valence-corrected chi connectivity index (χ4v) is 19.9. The van der Waals surface area contributed by atoms with Gasteiger partial charge in [0, 0.05) is 0 Å². The van der Waals surface area contributed by atoms with Crippen LogP contribution in [-0.2, 0) is 9.84 Å². The lowest BCUT2D eigenvalue weighted by atomic mass is 10.3. The summed E-state index contributed by atoms with van der Waals surface area (Å²) in [4.78, 5) is 0. The van der Waals surface area contributed by atoms with Crippen molar-refractivity contribution in [3.8, 4) is 0 Å². The minimum atomic E-state index is -2.89. The lowest BCUT2D eigenvalue weighted by Crippen LogP contribution is -2.53. The lowest BCUT2D eigenvalue weighted by Gasteiger charge is -2.31. The van der Waals surface area contributed by atoms with Crippen LogP contribution in [0.3, 0.4) is 0 Å². The highest BCUT2D eigenvalue weighted by Gasteiger charge is 2.85. The van der Waals surface area contributed by atoms with Crippen LogP contribution in [0.5, 0.6) is 0 Å². The molecule has 0 aromatic rings. The van der Waals surface area contributed by atoms with E-state index in [4.69, 9.17) is 0 Å². The zero-order valence-corrected chi connectivity index (χ0v) is 14.0. The minimum absolute atomic E-state index is 0.405. The van der Waals surface area contributed by atoms with E-state index in [-0.39, 0.29) is 0 Å². The van der Waals surface area contributed by atoms with E-state index < -0.39 is 34.7 Å². The molecule has 0 N–H and O–H groups in total. The van der Waals surface area contributed by atoms with Gasteiger partial charge < -0.3 is 0 Å². The predicted molar refractivity (Wildman–Crippen MR) is 72.4 cm³/mol. The van der Waals surface area contributed by atoms with Gasteiger partial charge in [0.05, 0.1) is 24.9 Å². The van der Waals surface area contributed by atoms with Crippen molar-refractivity contribution in [1.82, 2.24) is 0 Å². The monoisotopic (exact) mass is 264 g/mol. The van der Waals surface area contributed by atoms with Crippen LogP contribution in [0.4, 0.5) is 0 Å². The van der Waals surface area contributed by atoms with Gasteiger partial charge in [0.15, 0.2) is 9.84 Å². The Labute approximate surface area is 96.4 Å². The Kier molecular flexibility index (Phi) is 2.50. The molecule has 0 saturated carbocycles. The van der Waals surface area contributed by atoms with E-state index in [2.05, 4.69) is 39.3 Å². The molecule has 1 heterocycles. The molecule has 2 nitrogen and oxygen atoms in total. The summed E-state index contributed by atoms with van der Waals surface area (Å²) in [5.41, 5.74) is 0. The Morgan fingerprint density at radius 1 is 0.733 bits per heavy atom. The maximum atomic E-state index is 12.4. The van der Waals surface area contributed by atoms with Gasteiger partial charge in [-0.05, 0) is 13.8 Å². The predicted octanol–water partition coefficient (Wildman–Crippen LogP) is 2.69. The van der Waals surface area contributed by atoms with Gasteiger partial charge in [0.2, 0.25) is 0 Å². The van der Waals surface area contributed by atoms with Gasteiger partial charge in [-0.1, -0.05) is 39.3 Å². The van der Waals surface area contributed by atoms with Crippen molar-refractivity contribution in [1.29, 1.82) is 0 Å². The number of hydrogen-bond donors (Lipinski definition) is 0. The van der Waals surface area contributed by atoms with Crippen molar-refractivity contribution in [3.05, 3.63) is 0 Å². The van der Waals surface area contributed by atoms with Crippen molar-refractivity contribution in [2.75, 3.05) is 0 Å². The highest BCUT2D eigenvalue weighted by molar-refractivity contribution is 8.06. The zero-order valence-electron chi connectivity index (χ0n) is 11.2. The van der Waals surface area contributed by atoms with Gasteiger partial charge in [-0.3, -0.25) is 0 Å². The molecule has 5 heteroatoms. The lowest BCUT2D eigenvalue weighted by molar-refractivity contribution is 0.609. The SMILES string of the molecule is C[C@]1([Si](C)(C)C)[C@](C)([Si](C)(C)C)S1(=O)=O. The molecule has 0 aliphatic carbocycles. The van der Waals surface area contributed by atoms with E-state index in [0.29, 0.717) is 0 Å². The van der Waals surface area contributed by atoms with Gasteiger partial charge in [-0.25, -0.2) is 8.42 Å². The summed E-state index contributed by atoms with van der Waals surface area (Å²) < 4.78 is 24.0. The van der Waals surface area contributed by atoms with E-state index in [0.717, 1.165) is 0 Å². The quantitative estimate of drug-likeness (QED) is 0.568. The average Bonchev–Trinajstić information content (AvgIpc) is 2.29. The zero-order chi connectivity index (χ0) is 12.5. The second-order valence-electron chi connectivity index (χ2n) is 7.07. The molecule has 1 aliphatic rings. The summed E-state index contributed by atoms with van der Waals surface area (Å²) in [5, 5.41) is 0. The third-order valence-electron chi connectivity index (χ3n) is 4.81. The minimum Gasteiger partial charge on any atom is -0.228 e. The largest absolute Gasteiger partial charge is 0.228 e. The second kappa shape index (κ2) is 2.79. The molecule has 0 unspecified atom stereocenters. The molecular weight excluding hydrogens is 240 g/mol. The van der Waals surface area contributed by atoms with Crippen molar-refractivity contribution >= 4 is 26.0 Å². The van der Waals surface area contributed by atoms with Crippen molar-refractivity contribution in [2.24, 2.45) is 0 Å². The first kappa shape index (κ1) is 13.4. The molecule has 0 aromatic heterocycles. The molecule has 2 atom stereocenters. The Balaban J connectivity index is 3.44. The first-order valence-electron chi connectivity index (χ1n) is 5.49.